The second kappa shape index (κ2) is 5.53. The maximum atomic E-state index is 11.1. The molecule has 7 heteroatoms. The molecule has 2 aromatic rings. The number of anilines is 1. The molecule has 0 bridgehead atoms. The highest BCUT2D eigenvalue weighted by Gasteiger charge is 2.30. The number of hydrogen-bond donors (Lipinski definition) is 3. The standard InChI is InChI=1S/C16H12N3O4/c17-8-13-15(9-2-1-3-10(6-9)19(21)22)12-5-4-11(20)7-14(12)23-16(13)18/h1-7,15,20-21H,18H2/q-1/t15-/m0/s1. The number of nitrogens with zero attached hydrogens (tertiary/aromatic N) is 2. The molecule has 7 nitrogen and oxygen atoms in total. The fourth-order valence-electron chi connectivity index (χ4n) is 2.61. The molecule has 3 rings (SSSR count). The fourth-order valence-corrected chi connectivity index (χ4v) is 2.61. The SMILES string of the molecule is N#CC1=C(N)Oc2cc(O)ccc2[C@@H]1c1cccc(N([O-])O)c1. The van der Waals surface area contributed by atoms with Crippen molar-refractivity contribution in [3.63, 3.8) is 0 Å². The zero-order valence-corrected chi connectivity index (χ0v) is 11.8. The average molecular weight is 310 g/mol. The van der Waals surface area contributed by atoms with Crippen LogP contribution in [-0.4, -0.2) is 10.3 Å². The monoisotopic (exact) mass is 310 g/mol. The first-order valence-corrected chi connectivity index (χ1v) is 6.68. The quantitative estimate of drug-likeness (QED) is 0.726. The molecule has 0 aromatic heterocycles. The van der Waals surface area contributed by atoms with Gasteiger partial charge in [-0.15, -0.1) is 0 Å². The van der Waals surface area contributed by atoms with Crippen LogP contribution in [0, 0.1) is 16.5 Å². The number of phenols is 1. The lowest BCUT2D eigenvalue weighted by Crippen LogP contribution is -2.21. The van der Waals surface area contributed by atoms with Gasteiger partial charge in [0.05, 0.1) is 11.6 Å². The van der Waals surface area contributed by atoms with Gasteiger partial charge < -0.3 is 26.0 Å². The van der Waals surface area contributed by atoms with Crippen LogP contribution in [0.4, 0.5) is 5.69 Å². The van der Waals surface area contributed by atoms with E-state index in [1.807, 2.05) is 6.07 Å². The Morgan fingerprint density at radius 3 is 2.74 bits per heavy atom. The maximum absolute atomic E-state index is 11.1. The Morgan fingerprint density at radius 2 is 2.04 bits per heavy atom. The maximum Gasteiger partial charge on any atom is 0.205 e. The van der Waals surface area contributed by atoms with Gasteiger partial charge in [0.25, 0.3) is 0 Å². The molecule has 2 aromatic carbocycles. The summed E-state index contributed by atoms with van der Waals surface area (Å²) >= 11 is 0. The number of fused-ring (bicyclic) bond motifs is 1. The van der Waals surface area contributed by atoms with E-state index in [9.17, 15) is 15.6 Å². The Labute approximate surface area is 131 Å². The van der Waals surface area contributed by atoms with Gasteiger partial charge in [0, 0.05) is 11.6 Å². The van der Waals surface area contributed by atoms with Gasteiger partial charge in [-0.3, -0.25) is 5.21 Å². The number of ether oxygens (including phenoxy) is 1. The number of aromatic hydroxyl groups is 1. The Hall–Kier alpha value is -3.21. The summed E-state index contributed by atoms with van der Waals surface area (Å²) in [4.78, 5) is 0. The molecule has 1 heterocycles. The minimum Gasteiger partial charge on any atom is -0.733 e. The number of benzene rings is 2. The van der Waals surface area contributed by atoms with Gasteiger partial charge >= 0.3 is 0 Å². The highest BCUT2D eigenvalue weighted by molar-refractivity contribution is 5.59. The molecular formula is C16H12N3O4-. The smallest absolute Gasteiger partial charge is 0.205 e. The zero-order chi connectivity index (χ0) is 16.6. The van der Waals surface area contributed by atoms with Gasteiger partial charge in [0.2, 0.25) is 5.88 Å². The average Bonchev–Trinajstić information content (AvgIpc) is 2.53. The number of phenolic OH excluding ortho intramolecular Hbond substituents is 1. The van der Waals surface area contributed by atoms with E-state index in [-0.39, 0.29) is 28.1 Å². The molecule has 1 aliphatic heterocycles. The number of allylic oxidation sites excluding steroid dienone is 1. The van der Waals surface area contributed by atoms with Gasteiger partial charge in [0.15, 0.2) is 0 Å². The Bertz CT molecular complexity index is 839. The predicted octanol–water partition coefficient (Wildman–Crippen LogP) is 2.30. The summed E-state index contributed by atoms with van der Waals surface area (Å²) in [6, 6.07) is 12.7. The van der Waals surface area contributed by atoms with E-state index in [1.54, 1.807) is 18.2 Å². The minimum atomic E-state index is -0.566. The topological polar surface area (TPSA) is 126 Å². The largest absolute Gasteiger partial charge is 0.733 e. The van der Waals surface area contributed by atoms with Gasteiger partial charge in [-0.1, -0.05) is 18.2 Å². The summed E-state index contributed by atoms with van der Waals surface area (Å²) in [5.74, 6) is -0.293. The van der Waals surface area contributed by atoms with E-state index < -0.39 is 5.92 Å². The van der Waals surface area contributed by atoms with Crippen molar-refractivity contribution in [1.29, 1.82) is 5.26 Å². The van der Waals surface area contributed by atoms with E-state index in [0.717, 1.165) is 0 Å². The third-order valence-corrected chi connectivity index (χ3v) is 3.63. The second-order valence-electron chi connectivity index (χ2n) is 5.01. The van der Waals surface area contributed by atoms with Crippen LogP contribution in [0.25, 0.3) is 0 Å². The lowest BCUT2D eigenvalue weighted by Gasteiger charge is -2.28. The highest BCUT2D eigenvalue weighted by Crippen LogP contribution is 2.43. The first kappa shape index (κ1) is 14.7. The lowest BCUT2D eigenvalue weighted by molar-refractivity contribution is 0.296. The number of nitrogens with two attached hydrogens (primary N) is 1. The fraction of sp³-hybridized carbons (Fsp3) is 0.0625. The normalized spacial score (nSPS) is 16.3. The van der Waals surface area contributed by atoms with Crippen LogP contribution in [0.15, 0.2) is 53.9 Å². The molecule has 0 radical (unpaired) electrons. The van der Waals surface area contributed by atoms with Crippen LogP contribution in [0.2, 0.25) is 0 Å². The molecular weight excluding hydrogens is 298 g/mol. The number of hydrogen-bond acceptors (Lipinski definition) is 7. The van der Waals surface area contributed by atoms with Gasteiger partial charge in [-0.05, 0) is 23.8 Å². The molecule has 1 atom stereocenters. The van der Waals surface area contributed by atoms with Gasteiger partial charge in [-0.25, -0.2) is 0 Å². The summed E-state index contributed by atoms with van der Waals surface area (Å²) in [6.07, 6.45) is 0. The summed E-state index contributed by atoms with van der Waals surface area (Å²) < 4.78 is 5.40. The van der Waals surface area contributed by atoms with E-state index in [1.165, 1.54) is 24.3 Å². The molecule has 0 amide bonds. The Balaban J connectivity index is 2.20. The first-order valence-electron chi connectivity index (χ1n) is 6.68. The van der Waals surface area contributed by atoms with Crippen LogP contribution in [-0.2, 0) is 0 Å². The Morgan fingerprint density at radius 1 is 1.26 bits per heavy atom. The van der Waals surface area contributed by atoms with Crippen LogP contribution in [0.5, 0.6) is 11.5 Å². The first-order chi connectivity index (χ1) is 11.0. The second-order valence-corrected chi connectivity index (χ2v) is 5.01. The number of rotatable bonds is 2. The molecule has 0 aliphatic carbocycles. The highest BCUT2D eigenvalue weighted by atomic mass is 16.8. The van der Waals surface area contributed by atoms with Crippen molar-refractivity contribution in [2.24, 2.45) is 5.73 Å². The molecule has 0 spiro atoms. The minimum absolute atomic E-state index is 0.00514. The van der Waals surface area contributed by atoms with Crippen molar-refractivity contribution in [3.05, 3.63) is 70.3 Å². The summed E-state index contributed by atoms with van der Waals surface area (Å²) in [7, 11) is 0. The molecule has 1 aliphatic rings. The molecule has 116 valence electrons. The third kappa shape index (κ3) is 2.53. The zero-order valence-electron chi connectivity index (χ0n) is 11.8. The Kier molecular flexibility index (Phi) is 3.54. The predicted molar refractivity (Wildman–Crippen MR) is 81.5 cm³/mol. The van der Waals surface area contributed by atoms with E-state index in [0.29, 0.717) is 16.9 Å². The molecule has 23 heavy (non-hydrogen) atoms. The summed E-state index contributed by atoms with van der Waals surface area (Å²) in [6.45, 7) is 0. The molecule has 0 fully saturated rings. The molecule has 4 N–H and O–H groups in total. The van der Waals surface area contributed by atoms with Crippen LogP contribution >= 0.6 is 0 Å². The van der Waals surface area contributed by atoms with Crippen molar-refractivity contribution >= 4 is 5.69 Å². The lowest BCUT2D eigenvalue weighted by atomic mass is 9.83. The van der Waals surface area contributed by atoms with E-state index in [2.05, 4.69) is 0 Å². The van der Waals surface area contributed by atoms with Crippen molar-refractivity contribution in [1.82, 2.24) is 0 Å². The summed E-state index contributed by atoms with van der Waals surface area (Å²) in [5.41, 5.74) is 7.25. The van der Waals surface area contributed by atoms with Crippen LogP contribution in [0.1, 0.15) is 17.0 Å². The van der Waals surface area contributed by atoms with Crippen LogP contribution < -0.4 is 15.7 Å². The van der Waals surface area contributed by atoms with Gasteiger partial charge in [-0.2, -0.15) is 5.26 Å². The van der Waals surface area contributed by atoms with Crippen LogP contribution in [0.3, 0.4) is 0 Å². The van der Waals surface area contributed by atoms with Crippen molar-refractivity contribution < 1.29 is 15.1 Å². The molecule has 0 saturated heterocycles. The van der Waals surface area contributed by atoms with Crippen molar-refractivity contribution in [2.75, 3.05) is 5.23 Å². The molecule has 0 saturated carbocycles. The van der Waals surface area contributed by atoms with E-state index in [4.69, 9.17) is 15.7 Å². The number of nitriles is 1. The summed E-state index contributed by atoms with van der Waals surface area (Å²) in [5, 5.41) is 38.9. The van der Waals surface area contributed by atoms with Crippen molar-refractivity contribution in [3.8, 4) is 17.6 Å². The van der Waals surface area contributed by atoms with Gasteiger partial charge in [0.1, 0.15) is 23.1 Å². The molecule has 0 unspecified atom stereocenters. The van der Waals surface area contributed by atoms with E-state index >= 15 is 0 Å². The third-order valence-electron chi connectivity index (χ3n) is 3.63. The van der Waals surface area contributed by atoms with Crippen molar-refractivity contribution in [2.45, 2.75) is 5.92 Å².